The van der Waals surface area contributed by atoms with Gasteiger partial charge in [-0.05, 0) is 34.9 Å². The highest BCUT2D eigenvalue weighted by atomic mass is 16.5. The van der Waals surface area contributed by atoms with Gasteiger partial charge in [0.25, 0.3) is 5.91 Å². The first-order valence-corrected chi connectivity index (χ1v) is 6.88. The zero-order valence-electron chi connectivity index (χ0n) is 12.0. The summed E-state index contributed by atoms with van der Waals surface area (Å²) in [6.45, 7) is 5.25. The van der Waals surface area contributed by atoms with Crippen LogP contribution in [0.2, 0.25) is 0 Å². The number of amides is 1. The summed E-state index contributed by atoms with van der Waals surface area (Å²) in [5, 5.41) is 0. The molecule has 1 aliphatic rings. The molecule has 2 aromatic carbocycles. The van der Waals surface area contributed by atoms with Crippen LogP contribution in [0.4, 0.5) is 0 Å². The molecule has 0 spiro atoms. The quantitative estimate of drug-likeness (QED) is 0.862. The summed E-state index contributed by atoms with van der Waals surface area (Å²) in [5.74, 6) is 0.882. The number of methoxy groups -OCH3 is 1. The Balaban J connectivity index is 1.84. The van der Waals surface area contributed by atoms with Crippen LogP contribution in [0, 0.1) is 0 Å². The second-order valence-corrected chi connectivity index (χ2v) is 5.16. The predicted molar refractivity (Wildman–Crippen MR) is 83.2 cm³/mol. The molecular weight excluding hydrogens is 262 g/mol. The molecule has 0 saturated carbocycles. The van der Waals surface area contributed by atoms with E-state index in [0.717, 1.165) is 28.0 Å². The summed E-state index contributed by atoms with van der Waals surface area (Å²) >= 11 is 0. The second-order valence-electron chi connectivity index (χ2n) is 5.16. The lowest BCUT2D eigenvalue weighted by Gasteiger charge is -2.30. The van der Waals surface area contributed by atoms with Gasteiger partial charge >= 0.3 is 0 Å². The minimum absolute atomic E-state index is 0.0637. The van der Waals surface area contributed by atoms with Gasteiger partial charge in [0.1, 0.15) is 5.75 Å². The largest absolute Gasteiger partial charge is 0.497 e. The van der Waals surface area contributed by atoms with Crippen LogP contribution in [-0.2, 0) is 6.54 Å². The SMILES string of the molecule is C=C1CN(Cc2ccc(OC)cc2)C(=O)c2ccccc21. The van der Waals surface area contributed by atoms with Crippen LogP contribution in [0.25, 0.3) is 5.57 Å². The average molecular weight is 279 g/mol. The highest BCUT2D eigenvalue weighted by Crippen LogP contribution is 2.27. The molecule has 0 bridgehead atoms. The van der Waals surface area contributed by atoms with E-state index in [2.05, 4.69) is 6.58 Å². The standard InChI is InChI=1S/C18H17NO2/c1-13-11-19(12-14-7-9-15(21-2)10-8-14)18(20)17-6-4-3-5-16(13)17/h3-10H,1,11-12H2,2H3. The second kappa shape index (κ2) is 5.44. The lowest BCUT2D eigenvalue weighted by Crippen LogP contribution is -2.36. The summed E-state index contributed by atoms with van der Waals surface area (Å²) in [5.41, 5.74) is 3.77. The van der Waals surface area contributed by atoms with Crippen LogP contribution in [0.3, 0.4) is 0 Å². The van der Waals surface area contributed by atoms with Crippen molar-refractivity contribution in [1.82, 2.24) is 4.90 Å². The Morgan fingerprint density at radius 3 is 2.43 bits per heavy atom. The van der Waals surface area contributed by atoms with Gasteiger partial charge in [-0.15, -0.1) is 0 Å². The fourth-order valence-electron chi connectivity index (χ4n) is 2.61. The molecule has 1 heterocycles. The fraction of sp³-hybridized carbons (Fsp3) is 0.167. The summed E-state index contributed by atoms with van der Waals surface area (Å²) in [6, 6.07) is 15.4. The fourth-order valence-corrected chi connectivity index (χ4v) is 2.61. The van der Waals surface area contributed by atoms with Crippen LogP contribution >= 0.6 is 0 Å². The predicted octanol–water partition coefficient (Wildman–Crippen LogP) is 3.36. The van der Waals surface area contributed by atoms with Gasteiger partial charge in [-0.2, -0.15) is 0 Å². The van der Waals surface area contributed by atoms with E-state index in [9.17, 15) is 4.79 Å². The van der Waals surface area contributed by atoms with Gasteiger partial charge in [0.2, 0.25) is 0 Å². The number of rotatable bonds is 3. The number of benzene rings is 2. The van der Waals surface area contributed by atoms with E-state index in [1.807, 2.05) is 53.4 Å². The first-order chi connectivity index (χ1) is 10.2. The Morgan fingerprint density at radius 2 is 1.76 bits per heavy atom. The van der Waals surface area contributed by atoms with Crippen molar-refractivity contribution in [2.24, 2.45) is 0 Å². The maximum atomic E-state index is 12.5. The molecule has 21 heavy (non-hydrogen) atoms. The molecule has 0 aliphatic carbocycles. The third-order valence-corrected chi connectivity index (χ3v) is 3.74. The third kappa shape index (κ3) is 2.55. The van der Waals surface area contributed by atoms with Gasteiger partial charge in [0.15, 0.2) is 0 Å². The number of ether oxygens (including phenoxy) is 1. The molecule has 3 nitrogen and oxygen atoms in total. The summed E-state index contributed by atoms with van der Waals surface area (Å²) in [6.07, 6.45) is 0. The third-order valence-electron chi connectivity index (χ3n) is 3.74. The molecule has 0 fully saturated rings. The first-order valence-electron chi connectivity index (χ1n) is 6.88. The molecule has 1 aliphatic heterocycles. The van der Waals surface area contributed by atoms with E-state index in [1.54, 1.807) is 7.11 Å². The van der Waals surface area contributed by atoms with Crippen molar-refractivity contribution in [1.29, 1.82) is 0 Å². The Labute approximate surface area is 124 Å². The molecule has 0 N–H and O–H groups in total. The van der Waals surface area contributed by atoms with Crippen LogP contribution in [0.5, 0.6) is 5.75 Å². The molecule has 0 unspecified atom stereocenters. The van der Waals surface area contributed by atoms with E-state index in [-0.39, 0.29) is 5.91 Å². The monoisotopic (exact) mass is 279 g/mol. The van der Waals surface area contributed by atoms with Crippen molar-refractivity contribution >= 4 is 11.5 Å². The van der Waals surface area contributed by atoms with Gasteiger partial charge in [0, 0.05) is 18.7 Å². The number of carbonyl (C=O) groups is 1. The highest BCUT2D eigenvalue weighted by molar-refractivity contribution is 6.02. The Morgan fingerprint density at radius 1 is 1.10 bits per heavy atom. The number of fused-ring (bicyclic) bond motifs is 1. The number of hydrogen-bond acceptors (Lipinski definition) is 2. The molecule has 0 saturated heterocycles. The van der Waals surface area contributed by atoms with E-state index in [1.165, 1.54) is 0 Å². The number of carbonyl (C=O) groups excluding carboxylic acids is 1. The first kappa shape index (κ1) is 13.4. The van der Waals surface area contributed by atoms with Crippen molar-refractivity contribution in [3.8, 4) is 5.75 Å². The van der Waals surface area contributed by atoms with Crippen molar-refractivity contribution in [3.63, 3.8) is 0 Å². The molecule has 1 amide bonds. The van der Waals surface area contributed by atoms with Crippen LogP contribution in [0.15, 0.2) is 55.1 Å². The van der Waals surface area contributed by atoms with E-state index >= 15 is 0 Å². The maximum Gasteiger partial charge on any atom is 0.255 e. The molecule has 3 heteroatoms. The van der Waals surface area contributed by atoms with Gasteiger partial charge in [-0.3, -0.25) is 4.79 Å². The smallest absolute Gasteiger partial charge is 0.255 e. The number of hydrogen-bond donors (Lipinski definition) is 0. The Hall–Kier alpha value is -2.55. The lowest BCUT2D eigenvalue weighted by molar-refractivity contribution is 0.0757. The van der Waals surface area contributed by atoms with E-state index < -0.39 is 0 Å². The van der Waals surface area contributed by atoms with Crippen molar-refractivity contribution in [2.45, 2.75) is 6.54 Å². The van der Waals surface area contributed by atoms with Gasteiger partial charge in [-0.25, -0.2) is 0 Å². The summed E-state index contributed by atoms with van der Waals surface area (Å²) < 4.78 is 5.15. The topological polar surface area (TPSA) is 29.5 Å². The van der Waals surface area contributed by atoms with Gasteiger partial charge in [0.05, 0.1) is 7.11 Å². The Kier molecular flexibility index (Phi) is 3.48. The van der Waals surface area contributed by atoms with Gasteiger partial charge < -0.3 is 9.64 Å². The minimum atomic E-state index is 0.0637. The maximum absolute atomic E-state index is 12.5. The molecule has 106 valence electrons. The van der Waals surface area contributed by atoms with Crippen LogP contribution < -0.4 is 4.74 Å². The Bertz CT molecular complexity index is 689. The lowest BCUT2D eigenvalue weighted by atomic mass is 9.95. The summed E-state index contributed by atoms with van der Waals surface area (Å²) in [7, 11) is 1.64. The van der Waals surface area contributed by atoms with E-state index in [0.29, 0.717) is 13.1 Å². The molecule has 3 rings (SSSR count). The highest BCUT2D eigenvalue weighted by Gasteiger charge is 2.25. The molecule has 0 atom stereocenters. The molecular formula is C18H17NO2. The van der Waals surface area contributed by atoms with Crippen molar-refractivity contribution in [2.75, 3.05) is 13.7 Å². The zero-order chi connectivity index (χ0) is 14.8. The number of nitrogens with zero attached hydrogens (tertiary/aromatic N) is 1. The minimum Gasteiger partial charge on any atom is -0.497 e. The molecule has 0 radical (unpaired) electrons. The molecule has 0 aromatic heterocycles. The summed E-state index contributed by atoms with van der Waals surface area (Å²) in [4.78, 5) is 14.4. The van der Waals surface area contributed by atoms with E-state index in [4.69, 9.17) is 4.74 Å². The average Bonchev–Trinajstić information content (AvgIpc) is 2.53. The zero-order valence-corrected chi connectivity index (χ0v) is 12.0. The van der Waals surface area contributed by atoms with Gasteiger partial charge in [-0.1, -0.05) is 36.9 Å². The molecule has 2 aromatic rings. The van der Waals surface area contributed by atoms with Crippen LogP contribution in [0.1, 0.15) is 21.5 Å². The normalized spacial score (nSPS) is 14.0. The van der Waals surface area contributed by atoms with Crippen molar-refractivity contribution < 1.29 is 9.53 Å². The van der Waals surface area contributed by atoms with Crippen molar-refractivity contribution in [3.05, 3.63) is 71.8 Å². The van der Waals surface area contributed by atoms with Crippen LogP contribution in [-0.4, -0.2) is 24.5 Å².